The zero-order valence-electron chi connectivity index (χ0n) is 34.1. The largest absolute Gasteiger partial charge is 0.237 e. The summed E-state index contributed by atoms with van der Waals surface area (Å²) in [7, 11) is 0. The van der Waals surface area contributed by atoms with E-state index in [1.807, 2.05) is 36.7 Å². The van der Waals surface area contributed by atoms with Crippen molar-refractivity contribution in [3.63, 3.8) is 0 Å². The Morgan fingerprint density at radius 2 is 0.794 bits per heavy atom. The molecule has 2 unspecified atom stereocenters. The van der Waals surface area contributed by atoms with Crippen molar-refractivity contribution in [1.29, 1.82) is 0 Å². The third kappa shape index (κ3) is 5.26. The first kappa shape index (κ1) is 35.6. The smallest absolute Gasteiger partial charge is 0.164 e. The fourth-order valence-electron chi connectivity index (χ4n) is 11.0. The molecule has 0 saturated heterocycles. The standard InChI is InChI=1S/C58H37N5/c1-4-16-36(17-5-1)55-61-56(38-29-31-44-48(35-38)52-42-23-11-10-22-41(42)51(44)47-34-37(28-30-43(47)52)54-59-32-15-33-60-54)63-57(62-55)46-25-14-27-50-53(46)45-24-12-13-26-49(45)58(50,39-18-6-2-7-19-39)40-20-8-3-9-21-40/h1-35,51-52H. The average molecular weight is 804 g/mol. The minimum atomic E-state index is -0.540. The van der Waals surface area contributed by atoms with E-state index in [0.717, 1.165) is 33.6 Å². The van der Waals surface area contributed by atoms with Crippen LogP contribution in [0.1, 0.15) is 67.5 Å². The Balaban J connectivity index is 1.01. The van der Waals surface area contributed by atoms with E-state index in [1.54, 1.807) is 0 Å². The normalized spacial score (nSPS) is 15.7. The van der Waals surface area contributed by atoms with Crippen molar-refractivity contribution in [1.82, 2.24) is 24.9 Å². The Hall–Kier alpha value is -8.15. The third-order valence-electron chi connectivity index (χ3n) is 13.5. The zero-order chi connectivity index (χ0) is 41.5. The first-order chi connectivity index (χ1) is 31.3. The number of hydrogen-bond donors (Lipinski definition) is 0. The Morgan fingerprint density at radius 1 is 0.317 bits per heavy atom. The molecule has 0 spiro atoms. The second kappa shape index (κ2) is 13.9. The maximum atomic E-state index is 5.45. The molecule has 2 atom stereocenters. The van der Waals surface area contributed by atoms with Crippen LogP contribution in [0.25, 0.3) is 56.7 Å². The summed E-state index contributed by atoms with van der Waals surface area (Å²) < 4.78 is 0. The van der Waals surface area contributed by atoms with Crippen molar-refractivity contribution in [3.05, 3.63) is 268 Å². The first-order valence-electron chi connectivity index (χ1n) is 21.6. The molecule has 8 aromatic carbocycles. The predicted octanol–water partition coefficient (Wildman–Crippen LogP) is 12.7. The molecule has 63 heavy (non-hydrogen) atoms. The van der Waals surface area contributed by atoms with Crippen LogP contribution in [0, 0.1) is 0 Å². The molecule has 0 aliphatic heterocycles. The number of benzene rings is 8. The minimum Gasteiger partial charge on any atom is -0.237 e. The highest BCUT2D eigenvalue weighted by atomic mass is 15.0. The number of fused-ring (bicyclic) bond motifs is 3. The molecule has 294 valence electrons. The summed E-state index contributed by atoms with van der Waals surface area (Å²) in [6, 6.07) is 72.0. The van der Waals surface area contributed by atoms with Crippen LogP contribution in [0.5, 0.6) is 0 Å². The van der Waals surface area contributed by atoms with Gasteiger partial charge in [0, 0.05) is 46.5 Å². The quantitative estimate of drug-likeness (QED) is 0.167. The molecule has 4 aliphatic carbocycles. The lowest BCUT2D eigenvalue weighted by Crippen LogP contribution is -2.28. The average Bonchev–Trinajstić information content (AvgIpc) is 3.68. The Kier molecular flexibility index (Phi) is 7.88. The molecule has 0 saturated carbocycles. The van der Waals surface area contributed by atoms with Crippen LogP contribution < -0.4 is 0 Å². The number of rotatable bonds is 6. The molecule has 2 heterocycles. The second-order valence-electron chi connectivity index (χ2n) is 16.7. The van der Waals surface area contributed by atoms with Crippen LogP contribution in [0.4, 0.5) is 0 Å². The molecule has 2 bridgehead atoms. The molecular formula is C58H37N5. The summed E-state index contributed by atoms with van der Waals surface area (Å²) in [5.41, 5.74) is 18.6. The third-order valence-corrected chi connectivity index (χ3v) is 13.5. The molecule has 5 nitrogen and oxygen atoms in total. The van der Waals surface area contributed by atoms with Gasteiger partial charge in [-0.05, 0) is 85.0 Å². The van der Waals surface area contributed by atoms with Crippen LogP contribution in [-0.4, -0.2) is 24.9 Å². The van der Waals surface area contributed by atoms with Crippen molar-refractivity contribution in [2.45, 2.75) is 17.3 Å². The number of hydrogen-bond acceptors (Lipinski definition) is 5. The summed E-state index contributed by atoms with van der Waals surface area (Å²) >= 11 is 0. The van der Waals surface area contributed by atoms with Crippen LogP contribution >= 0.6 is 0 Å². The predicted molar refractivity (Wildman–Crippen MR) is 249 cm³/mol. The van der Waals surface area contributed by atoms with Crippen LogP contribution in [0.15, 0.2) is 213 Å². The first-order valence-corrected chi connectivity index (χ1v) is 21.6. The van der Waals surface area contributed by atoms with Crippen LogP contribution in [0.2, 0.25) is 0 Å². The van der Waals surface area contributed by atoms with Crippen molar-refractivity contribution in [2.24, 2.45) is 0 Å². The fraction of sp³-hybridized carbons (Fsp3) is 0.0517. The van der Waals surface area contributed by atoms with Crippen molar-refractivity contribution in [2.75, 3.05) is 0 Å². The van der Waals surface area contributed by atoms with Gasteiger partial charge in [-0.15, -0.1) is 0 Å². The van der Waals surface area contributed by atoms with Crippen molar-refractivity contribution < 1.29 is 0 Å². The lowest BCUT2D eigenvalue weighted by Gasteiger charge is -2.42. The lowest BCUT2D eigenvalue weighted by atomic mass is 9.61. The molecular weight excluding hydrogens is 767 g/mol. The number of nitrogens with zero attached hydrogens (tertiary/aromatic N) is 5. The summed E-state index contributed by atoms with van der Waals surface area (Å²) in [5.74, 6) is 2.83. The van der Waals surface area contributed by atoms with Gasteiger partial charge >= 0.3 is 0 Å². The van der Waals surface area contributed by atoms with Crippen LogP contribution in [-0.2, 0) is 5.41 Å². The Bertz CT molecular complexity index is 3370. The van der Waals surface area contributed by atoms with Gasteiger partial charge in [0.2, 0.25) is 0 Å². The second-order valence-corrected chi connectivity index (χ2v) is 16.7. The van der Waals surface area contributed by atoms with Gasteiger partial charge in [-0.25, -0.2) is 24.9 Å². The topological polar surface area (TPSA) is 64.5 Å². The molecule has 0 fully saturated rings. The van der Waals surface area contributed by atoms with E-state index in [2.05, 4.69) is 186 Å². The molecule has 0 radical (unpaired) electrons. The molecule has 14 rings (SSSR count). The summed E-state index contributed by atoms with van der Waals surface area (Å²) in [6.07, 6.45) is 3.62. The SMILES string of the molecule is c1ccc(-c2nc(-c3ccc4c(c3)C3c5ccccc5C4c4cc(-c5ncccn5)ccc43)nc(-c3cccc4c3-c3ccccc3C4(c3ccccc3)c3ccccc3)n2)cc1. The van der Waals surface area contributed by atoms with E-state index in [-0.39, 0.29) is 11.8 Å². The molecule has 4 aliphatic rings. The van der Waals surface area contributed by atoms with E-state index in [0.29, 0.717) is 17.5 Å². The maximum absolute atomic E-state index is 5.45. The van der Waals surface area contributed by atoms with Gasteiger partial charge in [-0.1, -0.05) is 182 Å². The minimum absolute atomic E-state index is 0.0646. The monoisotopic (exact) mass is 803 g/mol. The Labute approximate surface area is 365 Å². The lowest BCUT2D eigenvalue weighted by molar-refractivity contribution is 0.754. The van der Waals surface area contributed by atoms with Gasteiger partial charge in [-0.3, -0.25) is 0 Å². The fourth-order valence-corrected chi connectivity index (χ4v) is 11.0. The van der Waals surface area contributed by atoms with Crippen molar-refractivity contribution in [3.8, 4) is 56.7 Å². The van der Waals surface area contributed by atoms with Gasteiger partial charge in [0.25, 0.3) is 0 Å². The molecule has 10 aromatic rings. The molecule has 2 aromatic heterocycles. The highest BCUT2D eigenvalue weighted by molar-refractivity contribution is 5.94. The maximum Gasteiger partial charge on any atom is 0.164 e. The highest BCUT2D eigenvalue weighted by Crippen LogP contribution is 2.59. The van der Waals surface area contributed by atoms with E-state index in [9.17, 15) is 0 Å². The zero-order valence-corrected chi connectivity index (χ0v) is 34.1. The van der Waals surface area contributed by atoms with E-state index in [1.165, 1.54) is 61.2 Å². The Morgan fingerprint density at radius 3 is 1.43 bits per heavy atom. The van der Waals surface area contributed by atoms with Crippen LogP contribution in [0.3, 0.4) is 0 Å². The highest BCUT2D eigenvalue weighted by Gasteiger charge is 2.47. The van der Waals surface area contributed by atoms with E-state index >= 15 is 0 Å². The molecule has 0 amide bonds. The van der Waals surface area contributed by atoms with Gasteiger partial charge in [0.1, 0.15) is 0 Å². The van der Waals surface area contributed by atoms with Gasteiger partial charge in [0.15, 0.2) is 23.3 Å². The van der Waals surface area contributed by atoms with Gasteiger partial charge < -0.3 is 0 Å². The van der Waals surface area contributed by atoms with E-state index < -0.39 is 5.41 Å². The van der Waals surface area contributed by atoms with Crippen molar-refractivity contribution >= 4 is 0 Å². The van der Waals surface area contributed by atoms with E-state index in [4.69, 9.17) is 15.0 Å². The molecule has 5 heteroatoms. The van der Waals surface area contributed by atoms with Gasteiger partial charge in [-0.2, -0.15) is 0 Å². The summed E-state index contributed by atoms with van der Waals surface area (Å²) in [5, 5.41) is 0. The van der Waals surface area contributed by atoms with Gasteiger partial charge in [0.05, 0.1) is 5.41 Å². The number of aromatic nitrogens is 5. The summed E-state index contributed by atoms with van der Waals surface area (Å²) in [4.78, 5) is 25.2. The molecule has 0 N–H and O–H groups in total. The summed E-state index contributed by atoms with van der Waals surface area (Å²) in [6.45, 7) is 0.